The summed E-state index contributed by atoms with van der Waals surface area (Å²) in [5.41, 5.74) is 2.18. The van der Waals surface area contributed by atoms with Crippen LogP contribution in [0.1, 0.15) is 24.7 Å². The molecule has 0 atom stereocenters. The van der Waals surface area contributed by atoms with E-state index in [9.17, 15) is 8.78 Å². The lowest BCUT2D eigenvalue weighted by Gasteiger charge is -2.13. The molecule has 0 amide bonds. The highest BCUT2D eigenvalue weighted by Gasteiger charge is 2.15. The van der Waals surface area contributed by atoms with Crippen LogP contribution < -0.4 is 5.32 Å². The largest absolute Gasteiger partial charge is 0.368 e. The van der Waals surface area contributed by atoms with E-state index in [1.807, 2.05) is 20.8 Å². The molecule has 0 bridgehead atoms. The first kappa shape index (κ1) is 14.4. The number of benzene rings is 1. The minimum absolute atomic E-state index is 0.251. The summed E-state index contributed by atoms with van der Waals surface area (Å²) < 4.78 is 27.0. The highest BCUT2D eigenvalue weighted by Crippen LogP contribution is 2.28. The second-order valence-corrected chi connectivity index (χ2v) is 4.64. The maximum atomic E-state index is 13.9. The molecule has 0 aliphatic carbocycles. The number of halogens is 2. The van der Waals surface area contributed by atoms with Crippen molar-refractivity contribution >= 4 is 5.82 Å². The summed E-state index contributed by atoms with van der Waals surface area (Å²) in [6, 6.07) is 3.47. The number of aryl methyl sites for hydroxylation is 2. The molecule has 0 fully saturated rings. The van der Waals surface area contributed by atoms with Crippen molar-refractivity contribution in [1.29, 1.82) is 0 Å². The van der Waals surface area contributed by atoms with Gasteiger partial charge < -0.3 is 5.32 Å². The molecular formula is C15H17F2N3. The van der Waals surface area contributed by atoms with Crippen LogP contribution in [-0.2, 0) is 0 Å². The number of nitrogens with one attached hydrogen (secondary N) is 1. The lowest BCUT2D eigenvalue weighted by Crippen LogP contribution is -2.08. The standard InChI is InChI=1S/C15H17F2N3/c1-4-7-18-15-14(19-9(2)10(3)20-15)12-6-5-11(16)8-13(12)17/h5-6,8H,4,7H2,1-3H3,(H,18,20). The molecule has 2 aromatic rings. The molecule has 1 aromatic heterocycles. The van der Waals surface area contributed by atoms with Crippen molar-refractivity contribution in [2.24, 2.45) is 0 Å². The first-order valence-corrected chi connectivity index (χ1v) is 6.57. The van der Waals surface area contributed by atoms with E-state index in [0.29, 0.717) is 18.1 Å². The number of hydrogen-bond acceptors (Lipinski definition) is 3. The van der Waals surface area contributed by atoms with Crippen molar-refractivity contribution in [2.45, 2.75) is 27.2 Å². The Morgan fingerprint density at radius 2 is 1.80 bits per heavy atom. The van der Waals surface area contributed by atoms with Crippen LogP contribution >= 0.6 is 0 Å². The Labute approximate surface area is 117 Å². The molecule has 5 heteroatoms. The summed E-state index contributed by atoms with van der Waals surface area (Å²) in [6.45, 7) is 6.41. The molecule has 0 spiro atoms. The number of aromatic nitrogens is 2. The van der Waals surface area contributed by atoms with E-state index in [0.717, 1.165) is 23.9 Å². The van der Waals surface area contributed by atoms with Crippen LogP contribution in [0, 0.1) is 25.5 Å². The third-order valence-electron chi connectivity index (χ3n) is 3.04. The molecule has 1 N–H and O–H groups in total. The Kier molecular flexibility index (Phi) is 4.27. The third-order valence-corrected chi connectivity index (χ3v) is 3.04. The monoisotopic (exact) mass is 277 g/mol. The first-order valence-electron chi connectivity index (χ1n) is 6.57. The quantitative estimate of drug-likeness (QED) is 0.922. The van der Waals surface area contributed by atoms with Crippen LogP contribution in [0.4, 0.5) is 14.6 Å². The Bertz CT molecular complexity index is 627. The second-order valence-electron chi connectivity index (χ2n) is 4.64. The fourth-order valence-corrected chi connectivity index (χ4v) is 1.84. The molecule has 0 aliphatic rings. The Morgan fingerprint density at radius 1 is 1.10 bits per heavy atom. The van der Waals surface area contributed by atoms with E-state index < -0.39 is 11.6 Å². The molecule has 106 valence electrons. The lowest BCUT2D eigenvalue weighted by atomic mass is 10.1. The van der Waals surface area contributed by atoms with E-state index in [-0.39, 0.29) is 5.56 Å². The highest BCUT2D eigenvalue weighted by atomic mass is 19.1. The predicted octanol–water partition coefficient (Wildman–Crippen LogP) is 3.86. The van der Waals surface area contributed by atoms with Gasteiger partial charge in [-0.25, -0.2) is 18.7 Å². The lowest BCUT2D eigenvalue weighted by molar-refractivity contribution is 0.585. The topological polar surface area (TPSA) is 37.8 Å². The third kappa shape index (κ3) is 2.92. The van der Waals surface area contributed by atoms with Gasteiger partial charge >= 0.3 is 0 Å². The minimum Gasteiger partial charge on any atom is -0.368 e. The van der Waals surface area contributed by atoms with E-state index in [1.165, 1.54) is 12.1 Å². The Hall–Kier alpha value is -2.04. The molecule has 1 aromatic carbocycles. The number of anilines is 1. The first-order chi connectivity index (χ1) is 9.52. The summed E-state index contributed by atoms with van der Waals surface area (Å²) in [7, 11) is 0. The fourth-order valence-electron chi connectivity index (χ4n) is 1.84. The van der Waals surface area contributed by atoms with Gasteiger partial charge in [-0.2, -0.15) is 0 Å². The average molecular weight is 277 g/mol. The fraction of sp³-hybridized carbons (Fsp3) is 0.333. The Morgan fingerprint density at radius 3 is 2.45 bits per heavy atom. The zero-order valence-corrected chi connectivity index (χ0v) is 11.8. The van der Waals surface area contributed by atoms with Crippen LogP contribution in [0.25, 0.3) is 11.3 Å². The van der Waals surface area contributed by atoms with Crippen LogP contribution in [0.5, 0.6) is 0 Å². The summed E-state index contributed by atoms with van der Waals surface area (Å²) in [6.07, 6.45) is 0.917. The molecule has 2 rings (SSSR count). The van der Waals surface area contributed by atoms with E-state index in [1.54, 1.807) is 0 Å². The average Bonchev–Trinajstić information content (AvgIpc) is 2.40. The van der Waals surface area contributed by atoms with Crippen molar-refractivity contribution in [2.75, 3.05) is 11.9 Å². The van der Waals surface area contributed by atoms with Crippen LogP contribution in [0.15, 0.2) is 18.2 Å². The van der Waals surface area contributed by atoms with Crippen molar-refractivity contribution in [3.8, 4) is 11.3 Å². The predicted molar refractivity (Wildman–Crippen MR) is 75.6 cm³/mol. The molecule has 0 aliphatic heterocycles. The molecule has 20 heavy (non-hydrogen) atoms. The van der Waals surface area contributed by atoms with Crippen molar-refractivity contribution in [3.63, 3.8) is 0 Å². The Balaban J connectivity index is 2.55. The molecule has 0 saturated heterocycles. The smallest absolute Gasteiger partial charge is 0.153 e. The summed E-state index contributed by atoms with van der Waals surface area (Å²) in [4.78, 5) is 8.81. The van der Waals surface area contributed by atoms with Gasteiger partial charge in [-0.1, -0.05) is 6.92 Å². The van der Waals surface area contributed by atoms with Gasteiger partial charge in [0.25, 0.3) is 0 Å². The van der Waals surface area contributed by atoms with Crippen molar-refractivity contribution < 1.29 is 8.78 Å². The maximum absolute atomic E-state index is 13.9. The van der Waals surface area contributed by atoms with E-state index in [4.69, 9.17) is 0 Å². The summed E-state index contributed by atoms with van der Waals surface area (Å²) in [5, 5.41) is 3.14. The van der Waals surface area contributed by atoms with Gasteiger partial charge in [0.1, 0.15) is 17.3 Å². The van der Waals surface area contributed by atoms with E-state index >= 15 is 0 Å². The zero-order chi connectivity index (χ0) is 14.7. The van der Waals surface area contributed by atoms with Crippen molar-refractivity contribution in [3.05, 3.63) is 41.2 Å². The molecular weight excluding hydrogens is 260 g/mol. The maximum Gasteiger partial charge on any atom is 0.153 e. The molecule has 1 heterocycles. The van der Waals surface area contributed by atoms with Crippen LogP contribution in [0.2, 0.25) is 0 Å². The molecule has 0 unspecified atom stereocenters. The molecule has 0 radical (unpaired) electrons. The van der Waals surface area contributed by atoms with Crippen LogP contribution in [0.3, 0.4) is 0 Å². The summed E-state index contributed by atoms with van der Waals surface area (Å²) >= 11 is 0. The molecule has 0 saturated carbocycles. The molecule has 3 nitrogen and oxygen atoms in total. The SMILES string of the molecule is CCCNc1nc(C)c(C)nc1-c1ccc(F)cc1F. The highest BCUT2D eigenvalue weighted by molar-refractivity contribution is 5.72. The van der Waals surface area contributed by atoms with Crippen molar-refractivity contribution in [1.82, 2.24) is 9.97 Å². The van der Waals surface area contributed by atoms with Gasteiger partial charge in [0.05, 0.1) is 11.4 Å². The number of hydrogen-bond donors (Lipinski definition) is 1. The second kappa shape index (κ2) is 5.94. The van der Waals surface area contributed by atoms with Gasteiger partial charge in [-0.15, -0.1) is 0 Å². The zero-order valence-electron chi connectivity index (χ0n) is 11.8. The van der Waals surface area contributed by atoms with Crippen LogP contribution in [-0.4, -0.2) is 16.5 Å². The van der Waals surface area contributed by atoms with Gasteiger partial charge in [-0.3, -0.25) is 0 Å². The minimum atomic E-state index is -0.637. The van der Waals surface area contributed by atoms with Gasteiger partial charge in [-0.05, 0) is 32.4 Å². The number of rotatable bonds is 4. The number of nitrogens with zero attached hydrogens (tertiary/aromatic N) is 2. The van der Waals surface area contributed by atoms with Gasteiger partial charge in [0.15, 0.2) is 5.82 Å². The normalized spacial score (nSPS) is 10.7. The summed E-state index contributed by atoms with van der Waals surface area (Å²) in [5.74, 6) is -0.714. The van der Waals surface area contributed by atoms with Gasteiger partial charge in [0.2, 0.25) is 0 Å². The van der Waals surface area contributed by atoms with Gasteiger partial charge in [0, 0.05) is 18.2 Å². The van der Waals surface area contributed by atoms with E-state index in [2.05, 4.69) is 15.3 Å².